The molecule has 12 heteroatoms. The van der Waals surface area contributed by atoms with Gasteiger partial charge in [0.2, 0.25) is 0 Å². The number of benzene rings is 3. The number of ether oxygens (including phenoxy) is 2. The van der Waals surface area contributed by atoms with Crippen LogP contribution >= 0.6 is 39.3 Å². The molecule has 4 aromatic rings. The Kier molecular flexibility index (Phi) is 9.27. The van der Waals surface area contributed by atoms with Crippen LogP contribution in [0.4, 0.5) is 0 Å². The van der Waals surface area contributed by atoms with Gasteiger partial charge >= 0.3 is 5.16 Å². The average Bonchev–Trinajstić information content (AvgIpc) is 3.34. The largest absolute Gasteiger partial charge is 0.503 e. The second kappa shape index (κ2) is 12.8. The summed E-state index contributed by atoms with van der Waals surface area (Å²) >= 11 is 10.6. The standard InChI is InChI=1S/C26H23BrClN5O4S/c1-3-37-20-10-8-19(9-11-20)33-25(17-4-6-18(28)7-5-17)31-32-26(33)38-15-23(34)30-29-14-16-12-21(27)24(35)22(13-16)36-2/h4-14H,3,15H2,1-2H3,(H2,29,30,34,35)/p+1. The lowest BCUT2D eigenvalue weighted by Crippen LogP contribution is -2.34. The smallest absolute Gasteiger partial charge is 0.342 e. The van der Waals surface area contributed by atoms with Gasteiger partial charge in [-0.2, -0.15) is 9.67 Å². The maximum absolute atomic E-state index is 12.5. The summed E-state index contributed by atoms with van der Waals surface area (Å²) in [7, 11) is 1.45. The van der Waals surface area contributed by atoms with Gasteiger partial charge in [0.25, 0.3) is 11.7 Å². The van der Waals surface area contributed by atoms with E-state index in [9.17, 15) is 9.90 Å². The molecule has 0 saturated carbocycles. The topological polar surface area (TPSA) is 113 Å². The highest BCUT2D eigenvalue weighted by atomic mass is 79.9. The van der Waals surface area contributed by atoms with E-state index in [1.54, 1.807) is 24.3 Å². The van der Waals surface area contributed by atoms with Gasteiger partial charge in [0.05, 0.1) is 40.8 Å². The van der Waals surface area contributed by atoms with Crippen molar-refractivity contribution in [2.75, 3.05) is 19.5 Å². The van der Waals surface area contributed by atoms with E-state index in [1.165, 1.54) is 25.1 Å². The molecule has 0 bridgehead atoms. The minimum Gasteiger partial charge on any atom is -0.503 e. The van der Waals surface area contributed by atoms with Gasteiger partial charge in [-0.25, -0.2) is 5.43 Å². The number of aromatic amines is 1. The lowest BCUT2D eigenvalue weighted by molar-refractivity contribution is -0.625. The van der Waals surface area contributed by atoms with E-state index in [1.807, 2.05) is 47.9 Å². The van der Waals surface area contributed by atoms with E-state index in [4.69, 9.17) is 21.1 Å². The van der Waals surface area contributed by atoms with Crippen LogP contribution in [0.15, 0.2) is 75.4 Å². The fourth-order valence-corrected chi connectivity index (χ4v) is 4.80. The number of nitrogens with zero attached hydrogens (tertiary/aromatic N) is 3. The number of carbonyl (C=O) groups is 1. The number of H-pyrrole nitrogens is 1. The molecule has 0 spiro atoms. The first-order valence-corrected chi connectivity index (χ1v) is 13.6. The number of phenols is 1. The van der Waals surface area contributed by atoms with E-state index < -0.39 is 0 Å². The van der Waals surface area contributed by atoms with Crippen molar-refractivity contribution >= 4 is 51.4 Å². The van der Waals surface area contributed by atoms with Crippen LogP contribution in [0.3, 0.4) is 0 Å². The van der Waals surface area contributed by atoms with Gasteiger partial charge in [0.1, 0.15) is 11.4 Å². The summed E-state index contributed by atoms with van der Waals surface area (Å²) in [6.07, 6.45) is 1.46. The molecular formula is C26H24BrClN5O4S+. The van der Waals surface area contributed by atoms with E-state index in [-0.39, 0.29) is 23.2 Å². The lowest BCUT2D eigenvalue weighted by Gasteiger charge is -2.07. The Balaban J connectivity index is 1.51. The summed E-state index contributed by atoms with van der Waals surface area (Å²) in [4.78, 5) is 12.5. The summed E-state index contributed by atoms with van der Waals surface area (Å²) in [5.74, 6) is 1.53. The monoisotopic (exact) mass is 616 g/mol. The zero-order valence-corrected chi connectivity index (χ0v) is 23.6. The van der Waals surface area contributed by atoms with E-state index in [2.05, 4.69) is 36.7 Å². The lowest BCUT2D eigenvalue weighted by atomic mass is 10.2. The van der Waals surface area contributed by atoms with Crippen LogP contribution in [-0.4, -0.2) is 46.9 Å². The minimum atomic E-state index is -0.314. The summed E-state index contributed by atoms with van der Waals surface area (Å²) in [5.41, 5.74) is 4.87. The molecule has 196 valence electrons. The molecule has 0 saturated heterocycles. The van der Waals surface area contributed by atoms with Crippen LogP contribution in [0.2, 0.25) is 5.02 Å². The maximum Gasteiger partial charge on any atom is 0.342 e. The van der Waals surface area contributed by atoms with Crippen LogP contribution < -0.4 is 19.5 Å². The normalized spacial score (nSPS) is 11.1. The van der Waals surface area contributed by atoms with Gasteiger partial charge in [-0.15, -0.1) is 5.10 Å². The molecule has 9 nitrogen and oxygen atoms in total. The molecule has 1 heterocycles. The van der Waals surface area contributed by atoms with Crippen LogP contribution in [0, 0.1) is 0 Å². The number of carbonyl (C=O) groups excluding carboxylic acids is 1. The van der Waals surface area contributed by atoms with Crippen molar-refractivity contribution in [2.24, 2.45) is 5.10 Å². The number of rotatable bonds is 10. The van der Waals surface area contributed by atoms with Crippen molar-refractivity contribution in [2.45, 2.75) is 12.1 Å². The fourth-order valence-electron chi connectivity index (χ4n) is 3.46. The molecule has 3 N–H and O–H groups in total. The van der Waals surface area contributed by atoms with Crippen molar-refractivity contribution in [3.05, 3.63) is 75.7 Å². The zero-order chi connectivity index (χ0) is 27.1. The van der Waals surface area contributed by atoms with Gasteiger partial charge in [-0.3, -0.25) is 4.79 Å². The number of aromatic nitrogens is 3. The number of hydrogen-bond acceptors (Lipinski definition) is 7. The van der Waals surface area contributed by atoms with Gasteiger partial charge in [0.15, 0.2) is 11.5 Å². The van der Waals surface area contributed by atoms with E-state index in [0.717, 1.165) is 22.8 Å². The Morgan fingerprint density at radius 1 is 1.24 bits per heavy atom. The molecule has 0 fully saturated rings. The molecule has 0 aliphatic carbocycles. The van der Waals surface area contributed by atoms with Crippen molar-refractivity contribution in [1.29, 1.82) is 0 Å². The van der Waals surface area contributed by atoms with Crippen LogP contribution in [-0.2, 0) is 4.79 Å². The summed E-state index contributed by atoms with van der Waals surface area (Å²) in [6.45, 7) is 2.51. The quantitative estimate of drug-likeness (QED) is 0.0985. The van der Waals surface area contributed by atoms with Gasteiger partial charge in [0, 0.05) is 5.02 Å². The Morgan fingerprint density at radius 3 is 2.66 bits per heavy atom. The number of thioether (sulfide) groups is 1. The zero-order valence-electron chi connectivity index (χ0n) is 20.4. The SMILES string of the molecule is CCOc1ccc(-[n+]2c(SCC(=O)NN=Cc3cc(Br)c(O)c(OC)c3)n[nH]c2-c2ccc(Cl)cc2)cc1. The molecule has 3 aromatic carbocycles. The average molecular weight is 618 g/mol. The number of hydrogen-bond donors (Lipinski definition) is 3. The maximum atomic E-state index is 12.5. The summed E-state index contributed by atoms with van der Waals surface area (Å²) in [6, 6.07) is 18.3. The molecule has 0 radical (unpaired) electrons. The predicted octanol–water partition coefficient (Wildman–Crippen LogP) is 5.12. The number of phenolic OH excluding ortho intramolecular Hbond substituents is 1. The van der Waals surface area contributed by atoms with E-state index >= 15 is 0 Å². The van der Waals surface area contributed by atoms with Crippen molar-refractivity contribution in [3.8, 4) is 34.3 Å². The number of methoxy groups -OCH3 is 1. The fraction of sp³-hybridized carbons (Fsp3) is 0.154. The predicted molar refractivity (Wildman–Crippen MR) is 151 cm³/mol. The number of amides is 1. The Bertz CT molecular complexity index is 1450. The summed E-state index contributed by atoms with van der Waals surface area (Å²) < 4.78 is 13.1. The molecule has 4 rings (SSSR count). The van der Waals surface area contributed by atoms with Gasteiger partial charge < -0.3 is 14.6 Å². The number of aromatic hydroxyl groups is 1. The molecule has 1 aromatic heterocycles. The third-order valence-corrected chi connectivity index (χ3v) is 7.00. The third kappa shape index (κ3) is 6.66. The molecule has 38 heavy (non-hydrogen) atoms. The molecule has 0 atom stereocenters. The molecule has 1 amide bonds. The van der Waals surface area contributed by atoms with Crippen LogP contribution in [0.1, 0.15) is 12.5 Å². The highest BCUT2D eigenvalue weighted by molar-refractivity contribution is 9.10. The molecular weight excluding hydrogens is 594 g/mol. The highest BCUT2D eigenvalue weighted by Crippen LogP contribution is 2.34. The van der Waals surface area contributed by atoms with Gasteiger partial charge in [-0.1, -0.05) is 11.6 Å². The van der Waals surface area contributed by atoms with Gasteiger partial charge in [-0.05, 0) is 101 Å². The summed E-state index contributed by atoms with van der Waals surface area (Å²) in [5, 5.41) is 22.7. The van der Waals surface area contributed by atoms with Crippen molar-refractivity contribution < 1.29 is 23.9 Å². The Morgan fingerprint density at radius 2 is 1.97 bits per heavy atom. The van der Waals surface area contributed by atoms with E-state index in [0.29, 0.717) is 26.8 Å². The third-order valence-electron chi connectivity index (χ3n) is 5.20. The highest BCUT2D eigenvalue weighted by Gasteiger charge is 2.24. The van der Waals surface area contributed by atoms with Crippen molar-refractivity contribution in [1.82, 2.24) is 15.6 Å². The molecule has 0 unspecified atom stereocenters. The second-order valence-corrected chi connectivity index (χ2v) is 9.99. The van der Waals surface area contributed by atoms with Crippen LogP contribution in [0.5, 0.6) is 17.2 Å². The second-order valence-electron chi connectivity index (χ2n) is 7.76. The number of nitrogens with one attached hydrogen (secondary N) is 2. The first-order chi connectivity index (χ1) is 18.4. The minimum absolute atomic E-state index is 0.0112. The first kappa shape index (κ1) is 27.5. The number of halogens is 2. The Labute approximate surface area is 237 Å². The molecule has 0 aliphatic heterocycles. The van der Waals surface area contributed by atoms with Crippen molar-refractivity contribution in [3.63, 3.8) is 0 Å². The first-order valence-electron chi connectivity index (χ1n) is 11.4. The van der Waals surface area contributed by atoms with Crippen LogP contribution in [0.25, 0.3) is 17.1 Å². The molecule has 0 aliphatic rings. The Hall–Kier alpha value is -3.54. The number of hydrazone groups is 1.